The first-order chi connectivity index (χ1) is 7.13. The summed E-state index contributed by atoms with van der Waals surface area (Å²) in [6.45, 7) is 6.05. The third kappa shape index (κ3) is 3.80. The molecule has 0 N–H and O–H groups in total. The van der Waals surface area contributed by atoms with Gasteiger partial charge in [0.1, 0.15) is 5.75 Å². The molecule has 0 aromatic heterocycles. The van der Waals surface area contributed by atoms with E-state index in [0.717, 1.165) is 16.3 Å². The molecule has 2 nitrogen and oxygen atoms in total. The van der Waals surface area contributed by atoms with Crippen LogP contribution in [0, 0.1) is 6.42 Å². The maximum Gasteiger partial charge on any atom is 0.171 e. The number of benzene rings is 1. The van der Waals surface area contributed by atoms with Crippen molar-refractivity contribution in [1.29, 1.82) is 0 Å². The van der Waals surface area contributed by atoms with Crippen LogP contribution in [0.15, 0.2) is 34.8 Å². The highest BCUT2D eigenvalue weighted by atomic mass is 79.9. The quantitative estimate of drug-likeness (QED) is 0.604. The minimum atomic E-state index is 0.428. The minimum Gasteiger partial charge on any atom is -0.470 e. The average molecular weight is 268 g/mol. The maximum absolute atomic E-state index is 10.7. The Morgan fingerprint density at radius 1 is 1.67 bits per heavy atom. The van der Waals surface area contributed by atoms with E-state index in [-0.39, 0.29) is 0 Å². The first-order valence-corrected chi connectivity index (χ1v) is 5.29. The van der Waals surface area contributed by atoms with E-state index >= 15 is 0 Å². The molecule has 0 heterocycles. The van der Waals surface area contributed by atoms with E-state index in [4.69, 9.17) is 4.74 Å². The lowest BCUT2D eigenvalue weighted by Crippen LogP contribution is -2.00. The van der Waals surface area contributed by atoms with Gasteiger partial charge in [0.05, 0.1) is 17.6 Å². The number of hydrogen-bond acceptors (Lipinski definition) is 2. The molecule has 15 heavy (non-hydrogen) atoms. The van der Waals surface area contributed by atoms with Crippen LogP contribution < -0.4 is 4.74 Å². The Morgan fingerprint density at radius 3 is 3.00 bits per heavy atom. The van der Waals surface area contributed by atoms with Gasteiger partial charge in [0.15, 0.2) is 12.9 Å². The zero-order valence-electron chi connectivity index (χ0n) is 8.50. The summed E-state index contributed by atoms with van der Waals surface area (Å²) < 4.78 is 6.29. The third-order valence-corrected chi connectivity index (χ3v) is 2.26. The molecule has 1 rings (SSSR count). The van der Waals surface area contributed by atoms with E-state index in [0.29, 0.717) is 17.9 Å². The molecule has 0 aliphatic carbocycles. The van der Waals surface area contributed by atoms with Crippen LogP contribution in [0.4, 0.5) is 0 Å². The number of rotatable bonds is 5. The highest BCUT2D eigenvalue weighted by Crippen LogP contribution is 2.21. The molecule has 1 aromatic rings. The lowest BCUT2D eigenvalue weighted by molar-refractivity contribution is 0.112. The van der Waals surface area contributed by atoms with Crippen LogP contribution in [-0.2, 0) is 0 Å². The van der Waals surface area contributed by atoms with Gasteiger partial charge in [0.2, 0.25) is 0 Å². The van der Waals surface area contributed by atoms with Crippen LogP contribution >= 0.6 is 15.9 Å². The molecule has 0 fully saturated rings. The smallest absolute Gasteiger partial charge is 0.171 e. The summed E-state index contributed by atoms with van der Waals surface area (Å²) in [7, 11) is 0. The zero-order valence-corrected chi connectivity index (χ0v) is 10.1. The van der Waals surface area contributed by atoms with Crippen molar-refractivity contribution in [3.63, 3.8) is 0 Å². The van der Waals surface area contributed by atoms with Crippen molar-refractivity contribution >= 4 is 22.2 Å². The van der Waals surface area contributed by atoms with Gasteiger partial charge in [-0.25, -0.2) is 0 Å². The lowest BCUT2D eigenvalue weighted by Gasteiger charge is -2.05. The summed E-state index contributed by atoms with van der Waals surface area (Å²) in [4.78, 5) is 10.7. The summed E-state index contributed by atoms with van der Waals surface area (Å²) in [6.07, 6.45) is 2.64. The van der Waals surface area contributed by atoms with Gasteiger partial charge in [-0.2, -0.15) is 0 Å². The standard InChI is InChI=1S/C12H12BrO2/c1-9(2)5-6-15-12-4-3-11(13)7-10(12)8-14/h3-5,7-8H,1,6H2,2H3/q+1. The SMILES string of the molecule is C=C(C)[CH+]COc1ccc(Br)cc1C=O. The van der Waals surface area contributed by atoms with Gasteiger partial charge in [-0.1, -0.05) is 15.9 Å². The van der Waals surface area contributed by atoms with E-state index in [1.54, 1.807) is 12.1 Å². The maximum atomic E-state index is 10.7. The van der Waals surface area contributed by atoms with Gasteiger partial charge in [-0.15, -0.1) is 0 Å². The Hall–Kier alpha value is -1.22. The molecule has 78 valence electrons. The average Bonchev–Trinajstić information content (AvgIpc) is 2.19. The highest BCUT2D eigenvalue weighted by molar-refractivity contribution is 9.10. The van der Waals surface area contributed by atoms with Gasteiger partial charge in [-0.05, 0) is 25.1 Å². The fourth-order valence-electron chi connectivity index (χ4n) is 1.02. The zero-order chi connectivity index (χ0) is 11.3. The molecule has 0 unspecified atom stereocenters. The van der Waals surface area contributed by atoms with Crippen molar-refractivity contribution in [2.75, 3.05) is 6.61 Å². The van der Waals surface area contributed by atoms with E-state index in [9.17, 15) is 4.79 Å². The summed E-state index contributed by atoms with van der Waals surface area (Å²) in [5, 5.41) is 0. The van der Waals surface area contributed by atoms with Crippen LogP contribution in [0.5, 0.6) is 5.75 Å². The van der Waals surface area contributed by atoms with Crippen LogP contribution in [0.25, 0.3) is 0 Å². The first-order valence-electron chi connectivity index (χ1n) is 4.49. The predicted molar refractivity (Wildman–Crippen MR) is 64.1 cm³/mol. The van der Waals surface area contributed by atoms with E-state index in [1.807, 2.05) is 19.4 Å². The molecule has 0 bridgehead atoms. The fourth-order valence-corrected chi connectivity index (χ4v) is 1.40. The molecule has 0 saturated carbocycles. The molecular formula is C12H12BrO2+. The topological polar surface area (TPSA) is 26.3 Å². The van der Waals surface area contributed by atoms with Crippen LogP contribution in [0.2, 0.25) is 0 Å². The monoisotopic (exact) mass is 267 g/mol. The largest absolute Gasteiger partial charge is 0.470 e. The Bertz CT molecular complexity index is 372. The number of carbonyl (C=O) groups is 1. The molecule has 0 aliphatic rings. The molecule has 0 amide bonds. The third-order valence-electron chi connectivity index (χ3n) is 1.77. The van der Waals surface area contributed by atoms with Gasteiger partial charge < -0.3 is 4.74 Å². The lowest BCUT2D eigenvalue weighted by atomic mass is 10.2. The number of hydrogen-bond donors (Lipinski definition) is 0. The molecule has 0 spiro atoms. The number of halogens is 1. The minimum absolute atomic E-state index is 0.428. The van der Waals surface area contributed by atoms with Crippen molar-refractivity contribution in [1.82, 2.24) is 0 Å². The Kier molecular flexibility index (Phi) is 4.43. The summed E-state index contributed by atoms with van der Waals surface area (Å²) in [5.74, 6) is 0.589. The Labute approximate surface area is 98.1 Å². The second-order valence-corrected chi connectivity index (χ2v) is 4.08. The molecule has 0 saturated heterocycles. The normalized spacial score (nSPS) is 9.47. The summed E-state index contributed by atoms with van der Waals surface area (Å²) >= 11 is 3.29. The van der Waals surface area contributed by atoms with Gasteiger partial charge in [0.25, 0.3) is 0 Å². The van der Waals surface area contributed by atoms with Crippen LogP contribution in [0.1, 0.15) is 17.3 Å². The predicted octanol–water partition coefficient (Wildman–Crippen LogP) is 3.42. The van der Waals surface area contributed by atoms with Gasteiger partial charge in [0, 0.05) is 11.1 Å². The van der Waals surface area contributed by atoms with E-state index < -0.39 is 0 Å². The van der Waals surface area contributed by atoms with Crippen molar-refractivity contribution in [3.05, 3.63) is 46.8 Å². The highest BCUT2D eigenvalue weighted by Gasteiger charge is 2.05. The Balaban J connectivity index is 2.67. The van der Waals surface area contributed by atoms with Crippen molar-refractivity contribution in [3.8, 4) is 5.75 Å². The molecule has 0 atom stereocenters. The van der Waals surface area contributed by atoms with E-state index in [1.165, 1.54) is 0 Å². The van der Waals surface area contributed by atoms with Gasteiger partial charge >= 0.3 is 0 Å². The molecule has 0 aliphatic heterocycles. The molecule has 0 radical (unpaired) electrons. The number of carbonyl (C=O) groups excluding carboxylic acids is 1. The second-order valence-electron chi connectivity index (χ2n) is 3.16. The Morgan fingerprint density at radius 2 is 2.40 bits per heavy atom. The van der Waals surface area contributed by atoms with Crippen LogP contribution in [-0.4, -0.2) is 12.9 Å². The number of aldehydes is 1. The molecule has 3 heteroatoms. The summed E-state index contributed by atoms with van der Waals surface area (Å²) in [6, 6.07) is 5.33. The first kappa shape index (κ1) is 11.9. The summed E-state index contributed by atoms with van der Waals surface area (Å²) in [5.41, 5.74) is 1.49. The fraction of sp³-hybridized carbons (Fsp3) is 0.167. The van der Waals surface area contributed by atoms with Crippen molar-refractivity contribution in [2.24, 2.45) is 0 Å². The van der Waals surface area contributed by atoms with E-state index in [2.05, 4.69) is 22.5 Å². The van der Waals surface area contributed by atoms with Gasteiger partial charge in [-0.3, -0.25) is 4.79 Å². The molecule has 1 aromatic carbocycles. The van der Waals surface area contributed by atoms with Crippen molar-refractivity contribution in [2.45, 2.75) is 6.92 Å². The van der Waals surface area contributed by atoms with Crippen LogP contribution in [0.3, 0.4) is 0 Å². The second kappa shape index (κ2) is 5.61. The van der Waals surface area contributed by atoms with Crippen molar-refractivity contribution < 1.29 is 9.53 Å². The molecular weight excluding hydrogens is 256 g/mol. The number of ether oxygens (including phenoxy) is 1.